The molecule has 1 saturated heterocycles. The fourth-order valence-electron chi connectivity index (χ4n) is 2.57. The van der Waals surface area contributed by atoms with E-state index in [2.05, 4.69) is 4.98 Å². The fourth-order valence-corrected chi connectivity index (χ4v) is 3.84. The maximum Gasteiger partial charge on any atom is 0.152 e. The number of nitrogens with one attached hydrogen (secondary N) is 1. The highest BCUT2D eigenvalue weighted by atomic mass is 32.2. The molecule has 0 unspecified atom stereocenters. The Kier molecular flexibility index (Phi) is 3.99. The SMILES string of the molecule is Cc1cc(N2CCCS(=O)(=O)CC2)c(C(=N)N)c(C)n1. The molecule has 0 radical (unpaired) electrons. The van der Waals surface area contributed by atoms with Crippen LogP contribution >= 0.6 is 0 Å². The van der Waals surface area contributed by atoms with Crippen molar-refractivity contribution in [3.63, 3.8) is 0 Å². The Hall–Kier alpha value is -1.63. The number of aryl methyl sites for hydroxylation is 2. The van der Waals surface area contributed by atoms with E-state index in [1.807, 2.05) is 24.8 Å². The van der Waals surface area contributed by atoms with Gasteiger partial charge in [-0.15, -0.1) is 0 Å². The normalized spacial score (nSPS) is 18.6. The topological polar surface area (TPSA) is 100 Å². The Morgan fingerprint density at radius 2 is 2.05 bits per heavy atom. The molecule has 7 heteroatoms. The lowest BCUT2D eigenvalue weighted by Gasteiger charge is -2.25. The molecule has 1 aromatic rings. The lowest BCUT2D eigenvalue weighted by atomic mass is 10.1. The summed E-state index contributed by atoms with van der Waals surface area (Å²) in [6.07, 6.45) is 0.597. The van der Waals surface area contributed by atoms with Crippen LogP contribution in [0.3, 0.4) is 0 Å². The van der Waals surface area contributed by atoms with E-state index < -0.39 is 9.84 Å². The van der Waals surface area contributed by atoms with Gasteiger partial charge in [0.05, 0.1) is 28.5 Å². The van der Waals surface area contributed by atoms with Crippen molar-refractivity contribution >= 4 is 21.4 Å². The van der Waals surface area contributed by atoms with Gasteiger partial charge in [0.1, 0.15) is 5.84 Å². The number of anilines is 1. The highest BCUT2D eigenvalue weighted by Gasteiger charge is 2.23. The van der Waals surface area contributed by atoms with E-state index in [0.29, 0.717) is 30.8 Å². The Bertz CT molecular complexity index is 640. The molecule has 0 atom stereocenters. The van der Waals surface area contributed by atoms with Crippen molar-refractivity contribution in [1.82, 2.24) is 4.98 Å². The zero-order valence-corrected chi connectivity index (χ0v) is 12.6. The second-order valence-electron chi connectivity index (χ2n) is 5.15. The van der Waals surface area contributed by atoms with Crippen LogP contribution in [0.5, 0.6) is 0 Å². The molecule has 0 aliphatic carbocycles. The van der Waals surface area contributed by atoms with Crippen molar-refractivity contribution in [1.29, 1.82) is 5.41 Å². The van der Waals surface area contributed by atoms with Crippen LogP contribution in [0.2, 0.25) is 0 Å². The summed E-state index contributed by atoms with van der Waals surface area (Å²) in [7, 11) is -2.96. The average Bonchev–Trinajstić information content (AvgIpc) is 2.48. The van der Waals surface area contributed by atoms with Crippen LogP contribution in [-0.4, -0.2) is 43.8 Å². The molecule has 1 aromatic heterocycles. The highest BCUT2D eigenvalue weighted by molar-refractivity contribution is 7.91. The van der Waals surface area contributed by atoms with Gasteiger partial charge in [0, 0.05) is 18.8 Å². The second-order valence-corrected chi connectivity index (χ2v) is 7.45. The van der Waals surface area contributed by atoms with E-state index in [1.54, 1.807) is 0 Å². The monoisotopic (exact) mass is 296 g/mol. The minimum Gasteiger partial charge on any atom is -0.384 e. The zero-order chi connectivity index (χ0) is 14.9. The molecule has 1 aliphatic rings. The van der Waals surface area contributed by atoms with Crippen molar-refractivity contribution in [2.45, 2.75) is 20.3 Å². The number of nitrogen functional groups attached to an aromatic ring is 1. The van der Waals surface area contributed by atoms with Crippen molar-refractivity contribution in [2.75, 3.05) is 29.5 Å². The molecule has 0 amide bonds. The van der Waals surface area contributed by atoms with Crippen LogP contribution in [-0.2, 0) is 9.84 Å². The van der Waals surface area contributed by atoms with Crippen LogP contribution in [0.4, 0.5) is 5.69 Å². The van der Waals surface area contributed by atoms with Gasteiger partial charge in [0.2, 0.25) is 0 Å². The predicted molar refractivity (Wildman–Crippen MR) is 80.2 cm³/mol. The first-order valence-corrected chi connectivity index (χ1v) is 8.40. The third-order valence-corrected chi connectivity index (χ3v) is 5.19. The minimum atomic E-state index is -2.96. The summed E-state index contributed by atoms with van der Waals surface area (Å²) in [5.74, 6) is 0.337. The maximum absolute atomic E-state index is 11.7. The van der Waals surface area contributed by atoms with Crippen LogP contribution < -0.4 is 10.6 Å². The van der Waals surface area contributed by atoms with Gasteiger partial charge in [-0.05, 0) is 26.3 Å². The summed E-state index contributed by atoms with van der Waals surface area (Å²) in [5.41, 5.74) is 8.64. The van der Waals surface area contributed by atoms with E-state index in [1.165, 1.54) is 0 Å². The molecule has 0 saturated carbocycles. The van der Waals surface area contributed by atoms with E-state index >= 15 is 0 Å². The van der Waals surface area contributed by atoms with Gasteiger partial charge in [0.15, 0.2) is 9.84 Å². The Balaban J connectivity index is 2.44. The van der Waals surface area contributed by atoms with Gasteiger partial charge in [-0.2, -0.15) is 0 Å². The Morgan fingerprint density at radius 3 is 2.70 bits per heavy atom. The predicted octanol–water partition coefficient (Wildman–Crippen LogP) is 0.607. The Morgan fingerprint density at radius 1 is 1.35 bits per heavy atom. The summed E-state index contributed by atoms with van der Waals surface area (Å²) in [6.45, 7) is 4.80. The lowest BCUT2D eigenvalue weighted by Crippen LogP contribution is -2.30. The number of aromatic nitrogens is 1. The lowest BCUT2D eigenvalue weighted by molar-refractivity contribution is 0.597. The molecule has 3 N–H and O–H groups in total. The molecule has 1 aliphatic heterocycles. The van der Waals surface area contributed by atoms with Gasteiger partial charge < -0.3 is 10.6 Å². The Labute approximate surface area is 119 Å². The summed E-state index contributed by atoms with van der Waals surface area (Å²) < 4.78 is 23.4. The molecule has 2 rings (SSSR count). The number of pyridine rings is 1. The summed E-state index contributed by atoms with van der Waals surface area (Å²) in [5, 5.41) is 7.73. The van der Waals surface area contributed by atoms with Crippen molar-refractivity contribution in [3.8, 4) is 0 Å². The molecule has 20 heavy (non-hydrogen) atoms. The maximum atomic E-state index is 11.7. The van der Waals surface area contributed by atoms with Gasteiger partial charge in [-0.25, -0.2) is 8.42 Å². The zero-order valence-electron chi connectivity index (χ0n) is 11.8. The summed E-state index contributed by atoms with van der Waals surface area (Å²) in [4.78, 5) is 6.34. The molecule has 110 valence electrons. The number of rotatable bonds is 2. The van der Waals surface area contributed by atoms with Crippen molar-refractivity contribution in [3.05, 3.63) is 23.0 Å². The van der Waals surface area contributed by atoms with E-state index in [-0.39, 0.29) is 17.3 Å². The summed E-state index contributed by atoms with van der Waals surface area (Å²) in [6, 6.07) is 1.88. The molecular weight excluding hydrogens is 276 g/mol. The molecule has 6 nitrogen and oxygen atoms in total. The third kappa shape index (κ3) is 3.09. The van der Waals surface area contributed by atoms with Crippen LogP contribution in [0.15, 0.2) is 6.07 Å². The molecule has 2 heterocycles. The molecule has 1 fully saturated rings. The smallest absolute Gasteiger partial charge is 0.152 e. The van der Waals surface area contributed by atoms with Crippen molar-refractivity contribution in [2.24, 2.45) is 5.73 Å². The first kappa shape index (κ1) is 14.8. The molecule has 0 aromatic carbocycles. The first-order chi connectivity index (χ1) is 9.30. The van der Waals surface area contributed by atoms with Gasteiger partial charge >= 0.3 is 0 Å². The first-order valence-electron chi connectivity index (χ1n) is 6.58. The highest BCUT2D eigenvalue weighted by Crippen LogP contribution is 2.25. The number of hydrogen-bond acceptors (Lipinski definition) is 5. The van der Waals surface area contributed by atoms with Crippen molar-refractivity contribution < 1.29 is 8.42 Å². The number of amidine groups is 1. The van der Waals surface area contributed by atoms with E-state index in [0.717, 1.165) is 11.4 Å². The van der Waals surface area contributed by atoms with E-state index in [9.17, 15) is 8.42 Å². The van der Waals surface area contributed by atoms with Crippen LogP contribution in [0.1, 0.15) is 23.4 Å². The standard InChI is InChI=1S/C13H20N4O2S/c1-9-8-11(12(13(14)15)10(2)16-9)17-4-3-6-20(18,19)7-5-17/h8H,3-7H2,1-2H3,(H3,14,15). The number of hydrogen-bond donors (Lipinski definition) is 2. The van der Waals surface area contributed by atoms with Gasteiger partial charge in [-0.3, -0.25) is 10.4 Å². The molecule has 0 spiro atoms. The number of nitrogens with two attached hydrogens (primary N) is 1. The van der Waals surface area contributed by atoms with Crippen LogP contribution in [0, 0.1) is 19.3 Å². The quantitative estimate of drug-likeness (QED) is 0.615. The molecular formula is C13H20N4O2S. The van der Waals surface area contributed by atoms with Gasteiger partial charge in [0.25, 0.3) is 0 Å². The van der Waals surface area contributed by atoms with E-state index in [4.69, 9.17) is 11.1 Å². The number of nitrogens with zero attached hydrogens (tertiary/aromatic N) is 2. The number of sulfone groups is 1. The fraction of sp³-hybridized carbons (Fsp3) is 0.538. The third-order valence-electron chi connectivity index (χ3n) is 3.47. The summed E-state index contributed by atoms with van der Waals surface area (Å²) >= 11 is 0. The van der Waals surface area contributed by atoms with Gasteiger partial charge in [-0.1, -0.05) is 0 Å². The van der Waals surface area contributed by atoms with Crippen LogP contribution in [0.25, 0.3) is 0 Å². The molecule has 0 bridgehead atoms. The minimum absolute atomic E-state index is 0.0305. The average molecular weight is 296 g/mol. The largest absolute Gasteiger partial charge is 0.384 e. The second kappa shape index (κ2) is 5.40.